The van der Waals surface area contributed by atoms with E-state index in [1.807, 2.05) is 6.92 Å². The molecule has 0 spiro atoms. The van der Waals surface area contributed by atoms with Gasteiger partial charge in [-0.25, -0.2) is 8.78 Å². The number of amides is 1. The predicted molar refractivity (Wildman–Crippen MR) is 51.4 cm³/mol. The molecule has 2 unspecified atom stereocenters. The quantitative estimate of drug-likeness (QED) is 0.687. The van der Waals surface area contributed by atoms with Crippen molar-refractivity contribution >= 4 is 5.91 Å². The molecule has 5 heteroatoms. The smallest absolute Gasteiger partial charge is 0.253 e. The molecular weight excluding hydrogens is 190 g/mol. The molecule has 0 saturated carbocycles. The normalized spacial score (nSPS) is 15.3. The van der Waals surface area contributed by atoms with Crippen molar-refractivity contribution in [1.29, 1.82) is 0 Å². The molecule has 0 aliphatic rings. The highest BCUT2D eigenvalue weighted by Gasteiger charge is 2.20. The van der Waals surface area contributed by atoms with Crippen LogP contribution in [0.15, 0.2) is 0 Å². The SMILES string of the molecule is CCCNC(=O)C(C)NC(C)C(F)F. The third kappa shape index (κ3) is 5.11. The van der Waals surface area contributed by atoms with E-state index in [1.54, 1.807) is 6.92 Å². The van der Waals surface area contributed by atoms with Crippen LogP contribution in [-0.2, 0) is 4.79 Å². The van der Waals surface area contributed by atoms with Crippen LogP contribution >= 0.6 is 0 Å². The van der Waals surface area contributed by atoms with Gasteiger partial charge in [-0.15, -0.1) is 0 Å². The lowest BCUT2D eigenvalue weighted by Crippen LogP contribution is -2.48. The first-order chi connectivity index (χ1) is 6.49. The van der Waals surface area contributed by atoms with Crippen molar-refractivity contribution in [1.82, 2.24) is 10.6 Å². The van der Waals surface area contributed by atoms with Crippen LogP contribution in [0.25, 0.3) is 0 Å². The molecule has 0 radical (unpaired) electrons. The standard InChI is InChI=1S/C9H18F2N2O/c1-4-5-12-9(14)7(3)13-6(2)8(10)11/h6-8,13H,4-5H2,1-3H3,(H,12,14). The summed E-state index contributed by atoms with van der Waals surface area (Å²) in [4.78, 5) is 11.2. The minimum atomic E-state index is -2.45. The van der Waals surface area contributed by atoms with Gasteiger partial charge in [0.05, 0.1) is 12.1 Å². The van der Waals surface area contributed by atoms with Gasteiger partial charge >= 0.3 is 0 Å². The van der Waals surface area contributed by atoms with E-state index in [2.05, 4.69) is 10.6 Å². The number of hydrogen-bond acceptors (Lipinski definition) is 2. The van der Waals surface area contributed by atoms with E-state index in [9.17, 15) is 13.6 Å². The average Bonchev–Trinajstić information content (AvgIpc) is 2.13. The van der Waals surface area contributed by atoms with Crippen molar-refractivity contribution in [3.63, 3.8) is 0 Å². The molecule has 0 aromatic rings. The molecule has 0 rings (SSSR count). The zero-order chi connectivity index (χ0) is 11.1. The second kappa shape index (κ2) is 6.70. The van der Waals surface area contributed by atoms with E-state index in [-0.39, 0.29) is 5.91 Å². The van der Waals surface area contributed by atoms with Gasteiger partial charge in [-0.3, -0.25) is 10.1 Å². The van der Waals surface area contributed by atoms with Crippen molar-refractivity contribution in [3.8, 4) is 0 Å². The second-order valence-electron chi connectivity index (χ2n) is 3.30. The van der Waals surface area contributed by atoms with E-state index in [0.717, 1.165) is 6.42 Å². The zero-order valence-corrected chi connectivity index (χ0v) is 8.81. The zero-order valence-electron chi connectivity index (χ0n) is 8.81. The van der Waals surface area contributed by atoms with Crippen LogP contribution in [0.2, 0.25) is 0 Å². The third-order valence-electron chi connectivity index (χ3n) is 1.83. The Morgan fingerprint density at radius 2 is 1.93 bits per heavy atom. The Hall–Kier alpha value is -0.710. The first-order valence-electron chi connectivity index (χ1n) is 4.81. The van der Waals surface area contributed by atoms with Crippen LogP contribution in [0.4, 0.5) is 8.78 Å². The van der Waals surface area contributed by atoms with Gasteiger partial charge in [0, 0.05) is 6.54 Å². The molecule has 0 fully saturated rings. The van der Waals surface area contributed by atoms with Crippen LogP contribution in [0, 0.1) is 0 Å². The first kappa shape index (κ1) is 13.3. The first-order valence-corrected chi connectivity index (χ1v) is 4.81. The van der Waals surface area contributed by atoms with Crippen molar-refractivity contribution in [2.75, 3.05) is 6.54 Å². The van der Waals surface area contributed by atoms with Gasteiger partial charge in [-0.05, 0) is 20.3 Å². The lowest BCUT2D eigenvalue weighted by atomic mass is 10.2. The summed E-state index contributed by atoms with van der Waals surface area (Å²) in [5.41, 5.74) is 0. The number of nitrogens with one attached hydrogen (secondary N) is 2. The van der Waals surface area contributed by atoms with Crippen molar-refractivity contribution in [2.45, 2.75) is 45.7 Å². The predicted octanol–water partition coefficient (Wildman–Crippen LogP) is 1.14. The number of rotatable bonds is 6. The molecule has 84 valence electrons. The monoisotopic (exact) mass is 208 g/mol. The summed E-state index contributed by atoms with van der Waals surface area (Å²) in [6.07, 6.45) is -1.61. The highest BCUT2D eigenvalue weighted by Crippen LogP contribution is 2.00. The lowest BCUT2D eigenvalue weighted by molar-refractivity contribution is -0.123. The Bertz CT molecular complexity index is 176. The molecule has 1 amide bonds. The molecule has 0 heterocycles. The topological polar surface area (TPSA) is 41.1 Å². The largest absolute Gasteiger partial charge is 0.355 e. The average molecular weight is 208 g/mol. The molecule has 2 atom stereocenters. The van der Waals surface area contributed by atoms with Gasteiger partial charge in [0.2, 0.25) is 5.91 Å². The lowest BCUT2D eigenvalue weighted by Gasteiger charge is -2.18. The van der Waals surface area contributed by atoms with Crippen LogP contribution in [0.1, 0.15) is 27.2 Å². The second-order valence-corrected chi connectivity index (χ2v) is 3.30. The van der Waals surface area contributed by atoms with Gasteiger partial charge in [-0.2, -0.15) is 0 Å². The summed E-state index contributed by atoms with van der Waals surface area (Å²) in [5.74, 6) is -0.237. The van der Waals surface area contributed by atoms with Gasteiger partial charge in [0.25, 0.3) is 6.43 Å². The Morgan fingerprint density at radius 1 is 1.36 bits per heavy atom. The summed E-state index contributed by atoms with van der Waals surface area (Å²) in [6.45, 7) is 5.44. The summed E-state index contributed by atoms with van der Waals surface area (Å²) in [7, 11) is 0. The van der Waals surface area contributed by atoms with Gasteiger partial charge in [0.1, 0.15) is 0 Å². The van der Waals surface area contributed by atoms with E-state index in [0.29, 0.717) is 6.54 Å². The van der Waals surface area contributed by atoms with Gasteiger partial charge in [-0.1, -0.05) is 6.92 Å². The highest BCUT2D eigenvalue weighted by molar-refractivity contribution is 5.81. The van der Waals surface area contributed by atoms with E-state index in [4.69, 9.17) is 0 Å². The fourth-order valence-corrected chi connectivity index (χ4v) is 0.944. The molecule has 0 aliphatic carbocycles. The minimum Gasteiger partial charge on any atom is -0.355 e. The molecule has 14 heavy (non-hydrogen) atoms. The van der Waals surface area contributed by atoms with E-state index in [1.165, 1.54) is 6.92 Å². The van der Waals surface area contributed by atoms with E-state index < -0.39 is 18.5 Å². The fourth-order valence-electron chi connectivity index (χ4n) is 0.944. The number of carbonyl (C=O) groups is 1. The molecule has 0 bridgehead atoms. The number of halogens is 2. The van der Waals surface area contributed by atoms with Gasteiger partial charge < -0.3 is 5.32 Å². The highest BCUT2D eigenvalue weighted by atomic mass is 19.3. The summed E-state index contributed by atoms with van der Waals surface area (Å²) in [5, 5.41) is 5.16. The third-order valence-corrected chi connectivity index (χ3v) is 1.83. The van der Waals surface area contributed by atoms with Crippen molar-refractivity contribution in [3.05, 3.63) is 0 Å². The number of alkyl halides is 2. The molecule has 0 saturated heterocycles. The Morgan fingerprint density at radius 3 is 2.36 bits per heavy atom. The maximum Gasteiger partial charge on any atom is 0.253 e. The molecule has 3 nitrogen and oxygen atoms in total. The van der Waals surface area contributed by atoms with Crippen molar-refractivity contribution < 1.29 is 13.6 Å². The minimum absolute atomic E-state index is 0.237. The van der Waals surface area contributed by atoms with Crippen LogP contribution < -0.4 is 10.6 Å². The summed E-state index contributed by atoms with van der Waals surface area (Å²) < 4.78 is 24.2. The molecule has 0 aliphatic heterocycles. The van der Waals surface area contributed by atoms with Gasteiger partial charge in [0.15, 0.2) is 0 Å². The summed E-state index contributed by atoms with van der Waals surface area (Å²) in [6, 6.07) is -1.54. The molecule has 0 aromatic heterocycles. The number of hydrogen-bond donors (Lipinski definition) is 2. The maximum absolute atomic E-state index is 12.1. The Kier molecular flexibility index (Phi) is 6.36. The molecule has 2 N–H and O–H groups in total. The maximum atomic E-state index is 12.1. The molecule has 0 aromatic carbocycles. The number of carbonyl (C=O) groups excluding carboxylic acids is 1. The van der Waals surface area contributed by atoms with Crippen molar-refractivity contribution in [2.24, 2.45) is 0 Å². The van der Waals surface area contributed by atoms with Crippen LogP contribution in [-0.4, -0.2) is 31.0 Å². The van der Waals surface area contributed by atoms with E-state index >= 15 is 0 Å². The fraction of sp³-hybridized carbons (Fsp3) is 0.889. The molecular formula is C9H18F2N2O. The summed E-state index contributed by atoms with van der Waals surface area (Å²) >= 11 is 0. The van der Waals surface area contributed by atoms with Crippen LogP contribution in [0.3, 0.4) is 0 Å². The Balaban J connectivity index is 3.82. The Labute approximate surface area is 83.3 Å². The van der Waals surface area contributed by atoms with Crippen LogP contribution in [0.5, 0.6) is 0 Å².